The third kappa shape index (κ3) is 11.9. The Kier molecular flexibility index (Phi) is 20.8. The van der Waals surface area contributed by atoms with Gasteiger partial charge in [0.1, 0.15) is 0 Å². The van der Waals surface area contributed by atoms with E-state index in [1.807, 2.05) is 12.1 Å². The van der Waals surface area contributed by atoms with Gasteiger partial charge in [0.05, 0.1) is 19.0 Å². The predicted octanol–water partition coefficient (Wildman–Crippen LogP) is 0.935. The van der Waals surface area contributed by atoms with Crippen LogP contribution in [0.3, 0.4) is 0 Å². The first kappa shape index (κ1) is 48.8. The van der Waals surface area contributed by atoms with E-state index in [4.69, 9.17) is 0 Å². The molecular formula is C42H51Cl3Si2Ti-3. The molecule has 0 heterocycles. The molecule has 2 aliphatic carbocycles. The summed E-state index contributed by atoms with van der Waals surface area (Å²) < 4.78 is 0. The molecule has 0 spiro atoms. The van der Waals surface area contributed by atoms with Crippen molar-refractivity contribution in [2.75, 3.05) is 0 Å². The topological polar surface area (TPSA) is 0 Å². The van der Waals surface area contributed by atoms with Crippen molar-refractivity contribution in [1.29, 1.82) is 0 Å². The molecule has 255 valence electrons. The Morgan fingerprint density at radius 2 is 0.812 bits per heavy atom. The van der Waals surface area contributed by atoms with Gasteiger partial charge in [0.2, 0.25) is 0 Å². The van der Waals surface area contributed by atoms with Crippen molar-refractivity contribution < 1.29 is 58.9 Å². The van der Waals surface area contributed by atoms with Crippen LogP contribution in [-0.4, -0.2) is 19.0 Å². The van der Waals surface area contributed by atoms with Gasteiger partial charge in [0, 0.05) is 0 Å². The number of hydrogen-bond acceptors (Lipinski definition) is 0. The van der Waals surface area contributed by atoms with Crippen LogP contribution in [0.4, 0.5) is 0 Å². The van der Waals surface area contributed by atoms with Crippen LogP contribution in [0, 0.1) is 59.8 Å². The Morgan fingerprint density at radius 3 is 1.04 bits per heavy atom. The Labute approximate surface area is 332 Å². The quantitative estimate of drug-likeness (QED) is 0.275. The first-order chi connectivity index (χ1) is 20.5. The summed E-state index contributed by atoms with van der Waals surface area (Å²) in [4.78, 5) is 0. The summed E-state index contributed by atoms with van der Waals surface area (Å²) in [6.45, 7) is 30.9. The molecule has 0 amide bonds. The number of rotatable bonds is 4. The number of aryl methyl sites for hydroxylation is 6. The average molecular weight is 766 g/mol. The van der Waals surface area contributed by atoms with Crippen LogP contribution in [0.1, 0.15) is 88.8 Å². The number of benzene rings is 3. The second kappa shape index (κ2) is 20.5. The van der Waals surface area contributed by atoms with Gasteiger partial charge in [-0.05, 0) is 49.9 Å². The minimum Gasteiger partial charge on any atom is -1.00 e. The van der Waals surface area contributed by atoms with Crippen molar-refractivity contribution in [1.82, 2.24) is 0 Å². The van der Waals surface area contributed by atoms with Crippen molar-refractivity contribution in [3.63, 3.8) is 0 Å². The van der Waals surface area contributed by atoms with Gasteiger partial charge in [-0.1, -0.05) is 112 Å². The Morgan fingerprint density at radius 1 is 0.479 bits per heavy atom. The van der Waals surface area contributed by atoms with Crippen LogP contribution in [0.15, 0.2) is 88.0 Å². The maximum atomic E-state index is 3.51. The zero-order chi connectivity index (χ0) is 33.0. The molecule has 0 aliphatic heterocycles. The van der Waals surface area contributed by atoms with Gasteiger partial charge >= 0.3 is 21.7 Å². The number of hydrogen-bond donors (Lipinski definition) is 0. The van der Waals surface area contributed by atoms with Gasteiger partial charge in [-0.3, -0.25) is 0 Å². The molecule has 0 nitrogen and oxygen atoms in total. The summed E-state index contributed by atoms with van der Waals surface area (Å²) in [6, 6.07) is 22.8. The normalized spacial score (nSPS) is 19.2. The molecule has 0 N–H and O–H groups in total. The van der Waals surface area contributed by atoms with Crippen LogP contribution in [-0.2, 0) is 21.7 Å². The Bertz CT molecular complexity index is 1550. The van der Waals surface area contributed by atoms with E-state index in [9.17, 15) is 0 Å². The molecule has 2 atom stereocenters. The van der Waals surface area contributed by atoms with Gasteiger partial charge in [-0.15, -0.1) is 13.8 Å². The molecule has 2 unspecified atom stereocenters. The first-order valence-corrected chi connectivity index (χ1v) is 17.7. The molecular weight excluding hydrogens is 715 g/mol. The predicted molar refractivity (Wildman–Crippen MR) is 196 cm³/mol. The maximum absolute atomic E-state index is 3.51. The number of allylic oxidation sites excluding steroid dienone is 8. The van der Waals surface area contributed by atoms with Crippen LogP contribution in [0.5, 0.6) is 0 Å². The van der Waals surface area contributed by atoms with E-state index < -0.39 is 0 Å². The van der Waals surface area contributed by atoms with E-state index in [-0.39, 0.29) is 69.0 Å². The molecule has 0 saturated carbocycles. The largest absolute Gasteiger partial charge is 3.00 e. The van der Waals surface area contributed by atoms with Gasteiger partial charge in [0.25, 0.3) is 0 Å². The first-order valence-electron chi connectivity index (χ1n) is 15.7. The fourth-order valence-electron chi connectivity index (χ4n) is 5.65. The minimum atomic E-state index is 0. The smallest absolute Gasteiger partial charge is 1.00 e. The van der Waals surface area contributed by atoms with Gasteiger partial charge in [-0.2, -0.15) is 46.5 Å². The fraction of sp³-hybridized carbons (Fsp3) is 0.381. The zero-order valence-corrected chi connectivity index (χ0v) is 37.2. The molecule has 3 aromatic rings. The molecule has 0 bridgehead atoms. The van der Waals surface area contributed by atoms with E-state index in [1.165, 1.54) is 77.2 Å². The van der Waals surface area contributed by atoms with E-state index >= 15 is 0 Å². The van der Waals surface area contributed by atoms with Gasteiger partial charge in [-0.25, -0.2) is 34.4 Å². The summed E-state index contributed by atoms with van der Waals surface area (Å²) in [5.74, 6) is 0. The standard InChI is InChI=1S/2C17H21Si.C8H9.3ClH.Ti/c2*1-11-7-8-16(10-12(11)2)18-17(6)14(4)9-13(3)15(17)5;1-7-4-3-5-8(2)6-7;;;;/h2*7-8,10H,1-6H3;4-6H,1-2H3;3*1H;/q3*-1;;;;+3/p-3. The SMILES string of the molecule is CC1=[C-]C(C)=C(C)C1(C)[Si]c1ccc(C)c(C)c1.CC1=[C-]C(C)=C(C)C1(C)[Si]c1ccc(C)c(C)c1.Cc1c[c-]cc(C)c1.[Cl-].[Cl-].[Cl-].[Ti+3]. The van der Waals surface area contributed by atoms with Crippen LogP contribution in [0.25, 0.3) is 0 Å². The second-order valence-corrected chi connectivity index (χ2v) is 16.8. The second-order valence-electron chi connectivity index (χ2n) is 13.2. The number of halogens is 3. The van der Waals surface area contributed by atoms with Gasteiger partial charge in [0.15, 0.2) is 0 Å². The van der Waals surface area contributed by atoms with E-state index in [0.29, 0.717) is 0 Å². The zero-order valence-electron chi connectivity index (χ0n) is 31.3. The Hall–Kier alpha value is -1.36. The minimum absolute atomic E-state index is 0. The summed E-state index contributed by atoms with van der Waals surface area (Å²) in [7, 11) is 1.59. The fourth-order valence-corrected chi connectivity index (χ4v) is 8.97. The van der Waals surface area contributed by atoms with Gasteiger partial charge < -0.3 is 37.2 Å². The van der Waals surface area contributed by atoms with Crippen molar-refractivity contribution in [3.8, 4) is 0 Å². The van der Waals surface area contributed by atoms with Crippen molar-refractivity contribution >= 4 is 29.4 Å². The van der Waals surface area contributed by atoms with Crippen LogP contribution in [0.2, 0.25) is 10.1 Å². The average Bonchev–Trinajstić information content (AvgIpc) is 3.26. The molecule has 3 aromatic carbocycles. The molecule has 48 heavy (non-hydrogen) atoms. The molecule has 5 radical (unpaired) electrons. The summed E-state index contributed by atoms with van der Waals surface area (Å²) in [6.07, 6.45) is 7.01. The monoisotopic (exact) mass is 764 g/mol. The molecule has 6 heteroatoms. The maximum Gasteiger partial charge on any atom is 3.00 e. The molecule has 0 saturated heterocycles. The van der Waals surface area contributed by atoms with Crippen molar-refractivity contribution in [3.05, 3.63) is 140 Å². The third-order valence-electron chi connectivity index (χ3n) is 9.75. The Balaban J connectivity index is 0. The van der Waals surface area contributed by atoms with Crippen LogP contribution >= 0.6 is 0 Å². The summed E-state index contributed by atoms with van der Waals surface area (Å²) in [5, 5.41) is 3.28. The summed E-state index contributed by atoms with van der Waals surface area (Å²) >= 11 is 0. The van der Waals surface area contributed by atoms with Crippen LogP contribution < -0.4 is 47.6 Å². The summed E-state index contributed by atoms with van der Waals surface area (Å²) in [5.41, 5.74) is 16.5. The molecule has 2 aliphatic rings. The van der Waals surface area contributed by atoms with E-state index in [0.717, 1.165) is 19.0 Å². The third-order valence-corrected chi connectivity index (χ3v) is 13.5. The van der Waals surface area contributed by atoms with Crippen molar-refractivity contribution in [2.24, 2.45) is 0 Å². The molecule has 0 fully saturated rings. The molecule has 0 aromatic heterocycles. The van der Waals surface area contributed by atoms with Crippen molar-refractivity contribution in [2.45, 2.75) is 107 Å². The van der Waals surface area contributed by atoms with E-state index in [2.05, 4.69) is 158 Å². The van der Waals surface area contributed by atoms with E-state index in [1.54, 1.807) is 0 Å². The molecule has 5 rings (SSSR count).